The van der Waals surface area contributed by atoms with Crippen LogP contribution in [0.25, 0.3) is 0 Å². The Morgan fingerprint density at radius 3 is 2.54 bits per heavy atom. The van der Waals surface area contributed by atoms with Gasteiger partial charge in [0.05, 0.1) is 13.7 Å². The molecular weight excluding hydrogens is 298 g/mol. The van der Waals surface area contributed by atoms with Crippen molar-refractivity contribution in [2.45, 2.75) is 39.7 Å². The first-order valence-electron chi connectivity index (χ1n) is 8.79. The number of para-hydroxylation sites is 1. The molecule has 1 N–H and O–H groups in total. The molecule has 0 aromatic heterocycles. The van der Waals surface area contributed by atoms with Crippen molar-refractivity contribution < 1.29 is 9.47 Å². The van der Waals surface area contributed by atoms with Crippen molar-refractivity contribution in [2.75, 3.05) is 20.3 Å². The van der Waals surface area contributed by atoms with Gasteiger partial charge >= 0.3 is 0 Å². The molecule has 130 valence electrons. The molecule has 3 heteroatoms. The summed E-state index contributed by atoms with van der Waals surface area (Å²) in [6, 6.07) is 14.8. The molecule has 0 amide bonds. The molecule has 2 aromatic carbocycles. The predicted octanol–water partition coefficient (Wildman–Crippen LogP) is 4.51. The van der Waals surface area contributed by atoms with Crippen LogP contribution in [-0.4, -0.2) is 20.3 Å². The minimum absolute atomic E-state index is 0.721. The highest BCUT2D eigenvalue weighted by atomic mass is 16.5. The van der Waals surface area contributed by atoms with Gasteiger partial charge in [-0.15, -0.1) is 0 Å². The molecular formula is C21H29NO2. The van der Waals surface area contributed by atoms with Gasteiger partial charge in [-0.1, -0.05) is 48.9 Å². The molecule has 0 heterocycles. The highest BCUT2D eigenvalue weighted by Gasteiger charge is 2.10. The topological polar surface area (TPSA) is 30.5 Å². The lowest BCUT2D eigenvalue weighted by molar-refractivity contribution is 0.291. The normalized spacial score (nSPS) is 10.6. The van der Waals surface area contributed by atoms with Gasteiger partial charge in [0.2, 0.25) is 0 Å². The summed E-state index contributed by atoms with van der Waals surface area (Å²) >= 11 is 0. The van der Waals surface area contributed by atoms with E-state index in [1.54, 1.807) is 7.11 Å². The van der Waals surface area contributed by atoms with Crippen molar-refractivity contribution in [2.24, 2.45) is 0 Å². The maximum absolute atomic E-state index is 5.90. The lowest BCUT2D eigenvalue weighted by atomic mass is 10.1. The summed E-state index contributed by atoms with van der Waals surface area (Å²) in [4.78, 5) is 0. The fraction of sp³-hybridized carbons (Fsp3) is 0.429. The molecule has 0 spiro atoms. The fourth-order valence-electron chi connectivity index (χ4n) is 2.63. The van der Waals surface area contributed by atoms with E-state index < -0.39 is 0 Å². The lowest BCUT2D eigenvalue weighted by Crippen LogP contribution is -2.15. The lowest BCUT2D eigenvalue weighted by Gasteiger charge is -2.15. The van der Waals surface area contributed by atoms with Gasteiger partial charge < -0.3 is 14.8 Å². The highest BCUT2D eigenvalue weighted by molar-refractivity contribution is 5.46. The summed E-state index contributed by atoms with van der Waals surface area (Å²) in [6.45, 7) is 6.85. The molecule has 0 bridgehead atoms. The van der Waals surface area contributed by atoms with E-state index >= 15 is 0 Å². The molecule has 0 atom stereocenters. The number of hydrogen-bond acceptors (Lipinski definition) is 3. The molecule has 2 rings (SSSR count). The number of hydrogen-bond donors (Lipinski definition) is 1. The largest absolute Gasteiger partial charge is 0.493 e. The molecule has 2 aromatic rings. The first kappa shape index (κ1) is 18.3. The Balaban J connectivity index is 1.82. The van der Waals surface area contributed by atoms with Crippen LogP contribution in [0.5, 0.6) is 11.5 Å². The second kappa shape index (κ2) is 9.99. The Hall–Kier alpha value is -2.00. The van der Waals surface area contributed by atoms with Gasteiger partial charge in [0.25, 0.3) is 0 Å². The Labute approximate surface area is 146 Å². The number of benzene rings is 2. The smallest absolute Gasteiger partial charge is 0.164 e. The molecule has 0 aliphatic rings. The summed E-state index contributed by atoms with van der Waals surface area (Å²) in [5.41, 5.74) is 3.85. The third-order valence-corrected chi connectivity index (χ3v) is 3.98. The molecule has 0 saturated heterocycles. The highest BCUT2D eigenvalue weighted by Crippen LogP contribution is 2.32. The Bertz CT molecular complexity index is 608. The van der Waals surface area contributed by atoms with Gasteiger partial charge in [-0.25, -0.2) is 0 Å². The van der Waals surface area contributed by atoms with Crippen LogP contribution in [-0.2, 0) is 13.0 Å². The third kappa shape index (κ3) is 5.57. The fourth-order valence-corrected chi connectivity index (χ4v) is 2.63. The van der Waals surface area contributed by atoms with E-state index in [1.165, 1.54) is 16.7 Å². The zero-order chi connectivity index (χ0) is 17.2. The van der Waals surface area contributed by atoms with Crippen molar-refractivity contribution in [1.82, 2.24) is 5.32 Å². The maximum atomic E-state index is 5.90. The van der Waals surface area contributed by atoms with Crippen LogP contribution in [0.2, 0.25) is 0 Å². The summed E-state index contributed by atoms with van der Waals surface area (Å²) in [7, 11) is 1.70. The van der Waals surface area contributed by atoms with E-state index in [4.69, 9.17) is 9.47 Å². The van der Waals surface area contributed by atoms with Gasteiger partial charge in [-0.2, -0.15) is 0 Å². The molecule has 0 saturated carbocycles. The molecule has 3 nitrogen and oxygen atoms in total. The second-order valence-corrected chi connectivity index (χ2v) is 6.06. The van der Waals surface area contributed by atoms with Gasteiger partial charge in [-0.05, 0) is 49.9 Å². The molecule has 0 radical (unpaired) electrons. The summed E-state index contributed by atoms with van der Waals surface area (Å²) in [6.07, 6.45) is 3.05. The summed E-state index contributed by atoms with van der Waals surface area (Å²) in [5.74, 6) is 1.73. The number of methoxy groups -OCH3 is 1. The van der Waals surface area contributed by atoms with E-state index in [2.05, 4.69) is 49.5 Å². The number of rotatable bonds is 10. The minimum Gasteiger partial charge on any atom is -0.493 e. The zero-order valence-corrected chi connectivity index (χ0v) is 15.1. The van der Waals surface area contributed by atoms with Gasteiger partial charge in [0.15, 0.2) is 11.5 Å². The van der Waals surface area contributed by atoms with E-state index in [0.717, 1.165) is 50.5 Å². The number of aryl methyl sites for hydroxylation is 2. The average Bonchev–Trinajstić information content (AvgIpc) is 2.61. The Morgan fingerprint density at radius 1 is 1.04 bits per heavy atom. The van der Waals surface area contributed by atoms with Crippen LogP contribution in [0.3, 0.4) is 0 Å². The van der Waals surface area contributed by atoms with Crippen LogP contribution in [0, 0.1) is 6.92 Å². The van der Waals surface area contributed by atoms with Crippen LogP contribution < -0.4 is 14.8 Å². The number of nitrogens with one attached hydrogen (secondary N) is 1. The van der Waals surface area contributed by atoms with Gasteiger partial charge in [0, 0.05) is 6.54 Å². The molecule has 0 unspecified atom stereocenters. The van der Waals surface area contributed by atoms with Crippen molar-refractivity contribution in [3.8, 4) is 11.5 Å². The van der Waals surface area contributed by atoms with Crippen LogP contribution in [0.1, 0.15) is 36.5 Å². The molecule has 0 aliphatic carbocycles. The van der Waals surface area contributed by atoms with E-state index in [1.807, 2.05) is 12.1 Å². The molecule has 0 aliphatic heterocycles. The first-order valence-corrected chi connectivity index (χ1v) is 8.79. The average molecular weight is 327 g/mol. The standard InChI is InChI=1S/C21H29NO2/c1-4-15-24-21-19(7-5-9-20(21)23-3)8-6-14-22-16-18-12-10-17(2)11-13-18/h5,7,9-13,22H,4,6,8,14-16H2,1-3H3. The van der Waals surface area contributed by atoms with E-state index in [0.29, 0.717) is 0 Å². The van der Waals surface area contributed by atoms with Gasteiger partial charge in [-0.3, -0.25) is 0 Å². The van der Waals surface area contributed by atoms with Gasteiger partial charge in [0.1, 0.15) is 0 Å². The van der Waals surface area contributed by atoms with Crippen molar-refractivity contribution in [3.63, 3.8) is 0 Å². The van der Waals surface area contributed by atoms with Crippen molar-refractivity contribution in [1.29, 1.82) is 0 Å². The number of ether oxygens (including phenoxy) is 2. The van der Waals surface area contributed by atoms with Crippen molar-refractivity contribution in [3.05, 3.63) is 59.2 Å². The van der Waals surface area contributed by atoms with Crippen LogP contribution in [0.4, 0.5) is 0 Å². The van der Waals surface area contributed by atoms with Crippen LogP contribution >= 0.6 is 0 Å². The SMILES string of the molecule is CCCOc1c(CCCNCc2ccc(C)cc2)cccc1OC. The minimum atomic E-state index is 0.721. The predicted molar refractivity (Wildman–Crippen MR) is 100.0 cm³/mol. The monoisotopic (exact) mass is 327 g/mol. The molecule has 0 fully saturated rings. The van der Waals surface area contributed by atoms with E-state index in [9.17, 15) is 0 Å². The first-order chi connectivity index (χ1) is 11.7. The maximum Gasteiger partial charge on any atom is 0.164 e. The Morgan fingerprint density at radius 2 is 1.83 bits per heavy atom. The third-order valence-electron chi connectivity index (χ3n) is 3.98. The quantitative estimate of drug-likeness (QED) is 0.651. The second-order valence-electron chi connectivity index (χ2n) is 6.06. The molecule has 24 heavy (non-hydrogen) atoms. The van der Waals surface area contributed by atoms with Crippen LogP contribution in [0.15, 0.2) is 42.5 Å². The summed E-state index contributed by atoms with van der Waals surface area (Å²) < 4.78 is 11.3. The van der Waals surface area contributed by atoms with E-state index in [-0.39, 0.29) is 0 Å². The zero-order valence-electron chi connectivity index (χ0n) is 15.1. The summed E-state index contributed by atoms with van der Waals surface area (Å²) in [5, 5.41) is 3.51. The Kier molecular flexibility index (Phi) is 7.63. The van der Waals surface area contributed by atoms with Crippen molar-refractivity contribution >= 4 is 0 Å².